The van der Waals surface area contributed by atoms with E-state index < -0.39 is 23.4 Å². The first kappa shape index (κ1) is 24.3. The number of unbranched alkanes of at least 4 members (excludes halogenated alkanes) is 4. The van der Waals surface area contributed by atoms with Crippen LogP contribution in [0.5, 0.6) is 0 Å². The van der Waals surface area contributed by atoms with Crippen LogP contribution >= 0.6 is 6.83 Å². The molecule has 7 heteroatoms. The van der Waals surface area contributed by atoms with Crippen LogP contribution in [0.3, 0.4) is 0 Å². The van der Waals surface area contributed by atoms with Crippen molar-refractivity contribution in [2.75, 3.05) is 24.6 Å². The van der Waals surface area contributed by atoms with Crippen molar-refractivity contribution in [3.8, 4) is 0 Å². The van der Waals surface area contributed by atoms with Crippen LogP contribution in [0.4, 0.5) is 13.2 Å². The Bertz CT molecular complexity index is 332. The SMILES string of the molecule is CCCCP(CCCC)(CCCC)(CCCC)OS(=O)C(F)(F)F. The molecule has 0 aromatic rings. The number of hydrogen-bond donors (Lipinski definition) is 0. The zero-order chi connectivity index (χ0) is 18.7. The zero-order valence-corrected chi connectivity index (χ0v) is 17.5. The van der Waals surface area contributed by atoms with Gasteiger partial charge < -0.3 is 0 Å². The van der Waals surface area contributed by atoms with Gasteiger partial charge in [0.15, 0.2) is 0 Å². The van der Waals surface area contributed by atoms with E-state index in [2.05, 4.69) is 0 Å². The fourth-order valence-electron chi connectivity index (χ4n) is 3.29. The summed E-state index contributed by atoms with van der Waals surface area (Å²) < 4.78 is 56.7. The Labute approximate surface area is 149 Å². The molecule has 0 heterocycles. The zero-order valence-electron chi connectivity index (χ0n) is 15.8. The predicted octanol–water partition coefficient (Wildman–Crippen LogP) is 6.86. The van der Waals surface area contributed by atoms with Crippen LogP contribution < -0.4 is 0 Å². The van der Waals surface area contributed by atoms with Gasteiger partial charge in [-0.15, -0.1) is 0 Å². The van der Waals surface area contributed by atoms with Crippen molar-refractivity contribution in [1.82, 2.24) is 0 Å². The summed E-state index contributed by atoms with van der Waals surface area (Å²) in [7, 11) is 0. The molecule has 24 heavy (non-hydrogen) atoms. The molecule has 0 aliphatic carbocycles. The summed E-state index contributed by atoms with van der Waals surface area (Å²) >= 11 is -3.20. The van der Waals surface area contributed by atoms with Crippen LogP contribution in [-0.2, 0) is 15.1 Å². The van der Waals surface area contributed by atoms with E-state index in [-0.39, 0.29) is 0 Å². The monoisotopic (exact) mass is 392 g/mol. The van der Waals surface area contributed by atoms with Gasteiger partial charge in [0.1, 0.15) is 0 Å². The van der Waals surface area contributed by atoms with Crippen molar-refractivity contribution in [2.45, 2.75) is 84.6 Å². The molecule has 0 aromatic heterocycles. The Hall–Kier alpha value is 0.330. The number of alkyl halides is 3. The van der Waals surface area contributed by atoms with Crippen LogP contribution in [0.2, 0.25) is 0 Å². The molecule has 0 N–H and O–H groups in total. The Balaban J connectivity index is 5.86. The van der Waals surface area contributed by atoms with Crippen LogP contribution in [0.15, 0.2) is 0 Å². The van der Waals surface area contributed by atoms with Gasteiger partial charge >= 0.3 is 148 Å². The summed E-state index contributed by atoms with van der Waals surface area (Å²) in [6.45, 7) is 5.07. The molecule has 1 unspecified atom stereocenters. The van der Waals surface area contributed by atoms with E-state index in [0.717, 1.165) is 51.4 Å². The quantitative estimate of drug-likeness (QED) is 0.302. The molecule has 1 atom stereocenters. The molecule has 0 spiro atoms. The standard InChI is InChI=1S/C17H36F3O2PS/c1-5-9-13-23(14-10-6-2,15-11-7-3,16-12-8-4)22-24(21)17(18,19)20/h5-16H2,1-4H3. The van der Waals surface area contributed by atoms with E-state index in [0.29, 0.717) is 24.6 Å². The van der Waals surface area contributed by atoms with Gasteiger partial charge in [-0.3, -0.25) is 0 Å². The summed E-state index contributed by atoms with van der Waals surface area (Å²) in [6, 6.07) is 0. The third-order valence-corrected chi connectivity index (χ3v) is 13.2. The predicted molar refractivity (Wildman–Crippen MR) is 101 cm³/mol. The van der Waals surface area contributed by atoms with Crippen LogP contribution in [0.1, 0.15) is 79.1 Å². The summed E-state index contributed by atoms with van der Waals surface area (Å²) in [5, 5.41) is 0. The van der Waals surface area contributed by atoms with Crippen LogP contribution in [0.25, 0.3) is 0 Å². The summed E-state index contributed by atoms with van der Waals surface area (Å²) in [5.74, 6) is 0. The number of rotatable bonds is 14. The van der Waals surface area contributed by atoms with Gasteiger partial charge in [0.25, 0.3) is 0 Å². The number of hydrogen-bond acceptors (Lipinski definition) is 2. The Kier molecular flexibility index (Phi) is 11.3. The molecular formula is C17H36F3O2PS. The molecule has 0 aliphatic rings. The van der Waals surface area contributed by atoms with E-state index in [1.807, 2.05) is 27.7 Å². The Morgan fingerprint density at radius 3 is 1.25 bits per heavy atom. The van der Waals surface area contributed by atoms with Crippen molar-refractivity contribution < 1.29 is 21.4 Å². The molecule has 0 amide bonds. The second kappa shape index (κ2) is 11.1. The Morgan fingerprint density at radius 1 is 0.750 bits per heavy atom. The third kappa shape index (κ3) is 7.70. The van der Waals surface area contributed by atoms with Crippen molar-refractivity contribution in [3.63, 3.8) is 0 Å². The van der Waals surface area contributed by atoms with E-state index in [1.54, 1.807) is 0 Å². The van der Waals surface area contributed by atoms with Gasteiger partial charge in [-0.05, 0) is 0 Å². The van der Waals surface area contributed by atoms with Crippen molar-refractivity contribution in [3.05, 3.63) is 0 Å². The number of halogens is 3. The first-order valence-corrected chi connectivity index (χ1v) is 13.4. The van der Waals surface area contributed by atoms with Gasteiger partial charge in [-0.2, -0.15) is 0 Å². The third-order valence-electron chi connectivity index (χ3n) is 4.78. The van der Waals surface area contributed by atoms with E-state index in [4.69, 9.17) is 3.97 Å². The average molecular weight is 393 g/mol. The summed E-state index contributed by atoms with van der Waals surface area (Å²) in [5.41, 5.74) is -4.79. The van der Waals surface area contributed by atoms with Gasteiger partial charge in [0, 0.05) is 0 Å². The van der Waals surface area contributed by atoms with Crippen molar-refractivity contribution in [2.24, 2.45) is 0 Å². The molecule has 0 radical (unpaired) electrons. The fraction of sp³-hybridized carbons (Fsp3) is 1.00. The van der Waals surface area contributed by atoms with E-state index in [1.165, 1.54) is 0 Å². The molecule has 0 aliphatic heterocycles. The summed E-state index contributed by atoms with van der Waals surface area (Å²) in [6.07, 6.45) is 9.83. The van der Waals surface area contributed by atoms with Crippen LogP contribution in [-0.4, -0.2) is 34.4 Å². The van der Waals surface area contributed by atoms with E-state index in [9.17, 15) is 17.4 Å². The Morgan fingerprint density at radius 2 is 1.04 bits per heavy atom. The minimum atomic E-state index is -4.79. The second-order valence-electron chi connectivity index (χ2n) is 6.92. The van der Waals surface area contributed by atoms with Gasteiger partial charge in [-0.1, -0.05) is 0 Å². The molecule has 0 bridgehead atoms. The molecule has 0 rings (SSSR count). The molecule has 0 fully saturated rings. The molecule has 2 nitrogen and oxygen atoms in total. The van der Waals surface area contributed by atoms with Gasteiger partial charge in [0.2, 0.25) is 0 Å². The van der Waals surface area contributed by atoms with Gasteiger partial charge in [0.05, 0.1) is 0 Å². The maximum atomic E-state index is 13.0. The molecule has 0 saturated heterocycles. The molecular weight excluding hydrogens is 356 g/mol. The summed E-state index contributed by atoms with van der Waals surface area (Å²) in [4.78, 5) is 0. The van der Waals surface area contributed by atoms with Crippen molar-refractivity contribution in [1.29, 1.82) is 0 Å². The molecule has 0 saturated carbocycles. The first-order valence-electron chi connectivity index (χ1n) is 9.38. The van der Waals surface area contributed by atoms with Gasteiger partial charge in [-0.25, -0.2) is 0 Å². The van der Waals surface area contributed by atoms with Crippen molar-refractivity contribution >= 4 is 17.9 Å². The minimum absolute atomic E-state index is 0.684. The van der Waals surface area contributed by atoms with Crippen LogP contribution in [0, 0.1) is 0 Å². The molecule has 0 aromatic carbocycles. The topological polar surface area (TPSA) is 26.3 Å². The fourth-order valence-corrected chi connectivity index (χ4v) is 12.2. The molecule has 148 valence electrons. The first-order chi connectivity index (χ1) is 11.2. The average Bonchev–Trinajstić information content (AvgIpc) is 2.54. The normalized spacial score (nSPS) is 15.9. The van der Waals surface area contributed by atoms with E-state index >= 15 is 0 Å². The maximum absolute atomic E-state index is 13.0. The second-order valence-corrected chi connectivity index (χ2v) is 14.0.